The third-order valence-corrected chi connectivity index (χ3v) is 5.05. The van der Waals surface area contributed by atoms with E-state index in [9.17, 15) is 9.59 Å². The SMILES string of the molecule is CCc1c(C)nn(CCNC(=O)Nc2ccc3c(c2)N(C)C(=O)C(C)O3)c1C. The van der Waals surface area contributed by atoms with Gasteiger partial charge < -0.3 is 20.3 Å². The number of anilines is 2. The number of likely N-dealkylation sites (N-methyl/N-ethyl adjacent to an activating group) is 1. The van der Waals surface area contributed by atoms with E-state index in [1.54, 1.807) is 37.1 Å². The van der Waals surface area contributed by atoms with Crippen LogP contribution in [0.2, 0.25) is 0 Å². The number of aryl methyl sites for hydroxylation is 1. The molecule has 2 aromatic rings. The summed E-state index contributed by atoms with van der Waals surface area (Å²) >= 11 is 0. The molecule has 2 N–H and O–H groups in total. The molecule has 1 aromatic carbocycles. The van der Waals surface area contributed by atoms with Crippen LogP contribution in [0.15, 0.2) is 18.2 Å². The number of ether oxygens (including phenoxy) is 1. The molecule has 0 saturated carbocycles. The Morgan fingerprint density at radius 2 is 2.07 bits per heavy atom. The predicted molar refractivity (Wildman–Crippen MR) is 108 cm³/mol. The van der Waals surface area contributed by atoms with E-state index in [1.807, 2.05) is 18.5 Å². The molecule has 150 valence electrons. The molecule has 8 heteroatoms. The van der Waals surface area contributed by atoms with Crippen molar-refractivity contribution < 1.29 is 14.3 Å². The third kappa shape index (κ3) is 3.81. The summed E-state index contributed by atoms with van der Waals surface area (Å²) in [5, 5.41) is 10.2. The molecule has 2 heterocycles. The van der Waals surface area contributed by atoms with Gasteiger partial charge in [-0.15, -0.1) is 0 Å². The second kappa shape index (κ2) is 7.92. The minimum atomic E-state index is -0.512. The monoisotopic (exact) mass is 385 g/mol. The Hall–Kier alpha value is -3.03. The normalized spacial score (nSPS) is 15.8. The van der Waals surface area contributed by atoms with Crippen LogP contribution in [0, 0.1) is 13.8 Å². The fourth-order valence-electron chi connectivity index (χ4n) is 3.50. The zero-order valence-electron chi connectivity index (χ0n) is 17.0. The summed E-state index contributed by atoms with van der Waals surface area (Å²) in [6, 6.07) is 4.93. The van der Waals surface area contributed by atoms with Crippen LogP contribution in [-0.4, -0.2) is 41.4 Å². The van der Waals surface area contributed by atoms with E-state index >= 15 is 0 Å². The van der Waals surface area contributed by atoms with E-state index in [0.717, 1.165) is 17.8 Å². The van der Waals surface area contributed by atoms with Crippen LogP contribution in [0.1, 0.15) is 30.8 Å². The van der Waals surface area contributed by atoms with Crippen molar-refractivity contribution >= 4 is 23.3 Å². The molecule has 0 saturated heterocycles. The summed E-state index contributed by atoms with van der Waals surface area (Å²) in [5.41, 5.74) is 4.66. The number of hydrogen-bond donors (Lipinski definition) is 2. The summed E-state index contributed by atoms with van der Waals surface area (Å²) in [6.45, 7) is 8.95. The van der Waals surface area contributed by atoms with Gasteiger partial charge in [-0.2, -0.15) is 5.10 Å². The zero-order valence-corrected chi connectivity index (χ0v) is 17.0. The summed E-state index contributed by atoms with van der Waals surface area (Å²) in [6.07, 6.45) is 0.436. The molecule has 0 aliphatic carbocycles. The smallest absolute Gasteiger partial charge is 0.319 e. The van der Waals surface area contributed by atoms with Crippen molar-refractivity contribution in [2.75, 3.05) is 23.8 Å². The van der Waals surface area contributed by atoms with E-state index < -0.39 is 6.10 Å². The number of carbonyl (C=O) groups excluding carboxylic acids is 2. The van der Waals surface area contributed by atoms with Gasteiger partial charge in [-0.05, 0) is 51.0 Å². The summed E-state index contributed by atoms with van der Waals surface area (Å²) in [4.78, 5) is 25.8. The molecule has 0 fully saturated rings. The van der Waals surface area contributed by atoms with Crippen LogP contribution in [-0.2, 0) is 17.8 Å². The van der Waals surface area contributed by atoms with Crippen molar-refractivity contribution in [3.05, 3.63) is 35.2 Å². The minimum Gasteiger partial charge on any atom is -0.479 e. The number of aromatic nitrogens is 2. The van der Waals surface area contributed by atoms with Gasteiger partial charge in [0.2, 0.25) is 0 Å². The number of urea groups is 1. The first-order chi connectivity index (χ1) is 13.3. The van der Waals surface area contributed by atoms with Crippen LogP contribution in [0.5, 0.6) is 5.75 Å². The molecule has 1 aromatic heterocycles. The van der Waals surface area contributed by atoms with Gasteiger partial charge in [-0.1, -0.05) is 6.92 Å². The Morgan fingerprint density at radius 3 is 2.75 bits per heavy atom. The van der Waals surface area contributed by atoms with Crippen LogP contribution in [0.4, 0.5) is 16.2 Å². The second-order valence-corrected chi connectivity index (χ2v) is 6.95. The summed E-state index contributed by atoms with van der Waals surface area (Å²) < 4.78 is 7.51. The fourth-order valence-corrected chi connectivity index (χ4v) is 3.50. The predicted octanol–water partition coefficient (Wildman–Crippen LogP) is 2.63. The van der Waals surface area contributed by atoms with Crippen molar-refractivity contribution in [3.8, 4) is 5.75 Å². The van der Waals surface area contributed by atoms with Crippen molar-refractivity contribution in [2.24, 2.45) is 0 Å². The molecule has 0 radical (unpaired) electrons. The Bertz CT molecular complexity index is 905. The van der Waals surface area contributed by atoms with E-state index in [2.05, 4.69) is 22.7 Å². The Morgan fingerprint density at radius 1 is 1.32 bits per heavy atom. The molecule has 1 aliphatic rings. The van der Waals surface area contributed by atoms with Gasteiger partial charge in [-0.25, -0.2) is 4.79 Å². The first-order valence-corrected chi connectivity index (χ1v) is 9.47. The molecule has 28 heavy (non-hydrogen) atoms. The highest BCUT2D eigenvalue weighted by Crippen LogP contribution is 2.35. The molecule has 0 bridgehead atoms. The van der Waals surface area contributed by atoms with Gasteiger partial charge in [0.15, 0.2) is 6.10 Å². The largest absolute Gasteiger partial charge is 0.479 e. The lowest BCUT2D eigenvalue weighted by Crippen LogP contribution is -2.42. The van der Waals surface area contributed by atoms with Crippen LogP contribution in [0.3, 0.4) is 0 Å². The zero-order chi connectivity index (χ0) is 20.4. The topological polar surface area (TPSA) is 88.5 Å². The summed E-state index contributed by atoms with van der Waals surface area (Å²) in [7, 11) is 1.70. The minimum absolute atomic E-state index is 0.120. The van der Waals surface area contributed by atoms with Gasteiger partial charge in [0.05, 0.1) is 17.9 Å². The highest BCUT2D eigenvalue weighted by Gasteiger charge is 2.29. The lowest BCUT2D eigenvalue weighted by atomic mass is 10.1. The molecular weight excluding hydrogens is 358 g/mol. The number of benzene rings is 1. The highest BCUT2D eigenvalue weighted by atomic mass is 16.5. The maximum atomic E-state index is 12.2. The first kappa shape index (κ1) is 19.7. The standard InChI is InChI=1S/C20H27N5O3/c1-6-16-12(2)23-25(13(16)3)10-9-21-20(27)22-15-7-8-18-17(11-15)24(5)19(26)14(4)28-18/h7-8,11,14H,6,9-10H2,1-5H3,(H2,21,22,27). The number of nitrogens with one attached hydrogen (secondary N) is 2. The van der Waals surface area contributed by atoms with Crippen molar-refractivity contribution in [2.45, 2.75) is 46.8 Å². The first-order valence-electron chi connectivity index (χ1n) is 9.47. The van der Waals surface area contributed by atoms with Crippen LogP contribution >= 0.6 is 0 Å². The molecule has 1 aliphatic heterocycles. The molecular formula is C20H27N5O3. The molecule has 8 nitrogen and oxygen atoms in total. The number of amides is 3. The fraction of sp³-hybridized carbons (Fsp3) is 0.450. The number of hydrogen-bond acceptors (Lipinski definition) is 4. The van der Waals surface area contributed by atoms with Crippen LogP contribution < -0.4 is 20.3 Å². The molecule has 1 unspecified atom stereocenters. The Balaban J connectivity index is 1.58. The third-order valence-electron chi connectivity index (χ3n) is 5.05. The highest BCUT2D eigenvalue weighted by molar-refractivity contribution is 6.00. The second-order valence-electron chi connectivity index (χ2n) is 6.95. The van der Waals surface area contributed by atoms with Gasteiger partial charge in [0.25, 0.3) is 5.91 Å². The lowest BCUT2D eigenvalue weighted by Gasteiger charge is -2.30. The quantitative estimate of drug-likeness (QED) is 0.828. The number of rotatable bonds is 5. The number of nitrogens with zero attached hydrogens (tertiary/aromatic N) is 3. The maximum Gasteiger partial charge on any atom is 0.319 e. The van der Waals surface area contributed by atoms with Gasteiger partial charge in [-0.3, -0.25) is 9.48 Å². The Labute approximate surface area is 164 Å². The van der Waals surface area contributed by atoms with Crippen molar-refractivity contribution in [1.82, 2.24) is 15.1 Å². The van der Waals surface area contributed by atoms with Gasteiger partial charge >= 0.3 is 6.03 Å². The van der Waals surface area contributed by atoms with Gasteiger partial charge in [0, 0.05) is 25.0 Å². The van der Waals surface area contributed by atoms with Crippen LogP contribution in [0.25, 0.3) is 0 Å². The van der Waals surface area contributed by atoms with Gasteiger partial charge in [0.1, 0.15) is 5.75 Å². The van der Waals surface area contributed by atoms with Crippen molar-refractivity contribution in [3.63, 3.8) is 0 Å². The van der Waals surface area contributed by atoms with E-state index in [1.165, 1.54) is 5.56 Å². The Kier molecular flexibility index (Phi) is 5.58. The summed E-state index contributed by atoms with van der Waals surface area (Å²) in [5.74, 6) is 0.502. The van der Waals surface area contributed by atoms with E-state index in [-0.39, 0.29) is 11.9 Å². The van der Waals surface area contributed by atoms with E-state index in [4.69, 9.17) is 4.74 Å². The lowest BCUT2D eigenvalue weighted by molar-refractivity contribution is -0.125. The molecule has 0 spiro atoms. The number of carbonyl (C=O) groups is 2. The number of fused-ring (bicyclic) bond motifs is 1. The molecule has 1 atom stereocenters. The maximum absolute atomic E-state index is 12.2. The molecule has 3 rings (SSSR count). The van der Waals surface area contributed by atoms with Crippen molar-refractivity contribution in [1.29, 1.82) is 0 Å². The molecule has 3 amide bonds. The average Bonchev–Trinajstić information content (AvgIpc) is 2.93. The average molecular weight is 385 g/mol. The van der Waals surface area contributed by atoms with E-state index in [0.29, 0.717) is 30.2 Å².